The molecule has 0 aromatic carbocycles. The molecular formula is C6H6BrFN2O2. The molecule has 2 atom stereocenters. The Kier molecular flexibility index (Phi) is 6.38. The minimum atomic E-state index is -0.834. The number of rotatable bonds is 5. The van der Waals surface area contributed by atoms with E-state index in [9.17, 15) is 14.0 Å². The Labute approximate surface area is 76.7 Å². The van der Waals surface area contributed by atoms with Crippen LogP contribution >= 0.6 is 15.9 Å². The standard InChI is InChI=1S/C6H6BrFN2O2/c7-5(2-9-3-11)6(1-8)10-4-12/h5-6H,1-2H2. The van der Waals surface area contributed by atoms with Crippen LogP contribution in [0.25, 0.3) is 0 Å². The number of aliphatic imine (C=N–C) groups is 2. The van der Waals surface area contributed by atoms with E-state index in [-0.39, 0.29) is 6.54 Å². The summed E-state index contributed by atoms with van der Waals surface area (Å²) < 4.78 is 12.1. The van der Waals surface area contributed by atoms with Crippen LogP contribution in [0.3, 0.4) is 0 Å². The average molecular weight is 237 g/mol. The molecule has 0 aromatic heterocycles. The monoisotopic (exact) mass is 236 g/mol. The molecular weight excluding hydrogens is 231 g/mol. The summed E-state index contributed by atoms with van der Waals surface area (Å²) in [4.78, 5) is 25.4. The molecule has 0 aromatic rings. The summed E-state index contributed by atoms with van der Waals surface area (Å²) >= 11 is 3.02. The van der Waals surface area contributed by atoms with Gasteiger partial charge in [0.1, 0.15) is 12.7 Å². The lowest BCUT2D eigenvalue weighted by Crippen LogP contribution is -2.23. The van der Waals surface area contributed by atoms with Crippen LogP contribution in [0.5, 0.6) is 0 Å². The number of isocyanates is 2. The summed E-state index contributed by atoms with van der Waals surface area (Å²) in [6.45, 7) is -0.747. The fourth-order valence-electron chi connectivity index (χ4n) is 0.526. The van der Waals surface area contributed by atoms with Crippen molar-refractivity contribution in [2.75, 3.05) is 13.2 Å². The van der Waals surface area contributed by atoms with Gasteiger partial charge < -0.3 is 0 Å². The molecule has 2 unspecified atom stereocenters. The first-order valence-corrected chi connectivity index (χ1v) is 3.98. The van der Waals surface area contributed by atoms with E-state index in [1.807, 2.05) is 0 Å². The molecule has 12 heavy (non-hydrogen) atoms. The van der Waals surface area contributed by atoms with Crippen LogP contribution in [0, 0.1) is 0 Å². The predicted molar refractivity (Wildman–Crippen MR) is 43.6 cm³/mol. The smallest absolute Gasteiger partial charge is 0.235 e. The lowest BCUT2D eigenvalue weighted by Gasteiger charge is -2.09. The molecule has 0 rings (SSSR count). The largest absolute Gasteiger partial charge is 0.249 e. The molecule has 0 heterocycles. The Morgan fingerprint density at radius 1 is 1.42 bits per heavy atom. The molecule has 0 fully saturated rings. The maximum Gasteiger partial charge on any atom is 0.235 e. The topological polar surface area (TPSA) is 58.9 Å². The quantitative estimate of drug-likeness (QED) is 0.402. The van der Waals surface area contributed by atoms with Crippen molar-refractivity contribution in [1.82, 2.24) is 0 Å². The summed E-state index contributed by atoms with van der Waals surface area (Å²) in [6.07, 6.45) is 2.54. The van der Waals surface area contributed by atoms with E-state index in [4.69, 9.17) is 0 Å². The van der Waals surface area contributed by atoms with Gasteiger partial charge in [-0.2, -0.15) is 4.99 Å². The Morgan fingerprint density at radius 3 is 2.50 bits per heavy atom. The minimum Gasteiger partial charge on any atom is -0.249 e. The van der Waals surface area contributed by atoms with Crippen molar-refractivity contribution in [1.29, 1.82) is 0 Å². The zero-order valence-electron chi connectivity index (χ0n) is 6.04. The number of hydrogen-bond donors (Lipinski definition) is 0. The average Bonchev–Trinajstić information content (AvgIpc) is 2.10. The van der Waals surface area contributed by atoms with Gasteiger partial charge >= 0.3 is 0 Å². The van der Waals surface area contributed by atoms with Gasteiger partial charge in [0.25, 0.3) is 0 Å². The van der Waals surface area contributed by atoms with Gasteiger partial charge in [-0.15, -0.1) is 0 Å². The summed E-state index contributed by atoms with van der Waals surface area (Å²) in [6, 6.07) is -0.834. The maximum atomic E-state index is 12.1. The van der Waals surface area contributed by atoms with Crippen LogP contribution in [-0.2, 0) is 9.59 Å². The Hall–Kier alpha value is -0.830. The number of alkyl halides is 2. The highest BCUT2D eigenvalue weighted by Gasteiger charge is 2.17. The molecule has 0 radical (unpaired) electrons. The minimum absolute atomic E-state index is 0.0449. The Balaban J connectivity index is 4.09. The molecule has 4 nitrogen and oxygen atoms in total. The molecule has 0 aliphatic heterocycles. The second-order valence-electron chi connectivity index (χ2n) is 1.89. The number of hydrogen-bond acceptors (Lipinski definition) is 4. The SMILES string of the molecule is O=C=NCC(Br)C(CF)N=C=O. The van der Waals surface area contributed by atoms with Crippen molar-refractivity contribution >= 4 is 28.1 Å². The summed E-state index contributed by atoms with van der Waals surface area (Å²) in [5, 5.41) is 0. The highest BCUT2D eigenvalue weighted by Crippen LogP contribution is 2.10. The highest BCUT2D eigenvalue weighted by atomic mass is 79.9. The van der Waals surface area contributed by atoms with Crippen LogP contribution in [0.1, 0.15) is 0 Å². The van der Waals surface area contributed by atoms with Gasteiger partial charge in [0.05, 0.1) is 11.4 Å². The number of halogens is 2. The summed E-state index contributed by atoms with van der Waals surface area (Å²) in [5.41, 5.74) is 0. The fourth-order valence-corrected chi connectivity index (χ4v) is 0.930. The maximum absolute atomic E-state index is 12.1. The zero-order chi connectivity index (χ0) is 9.40. The van der Waals surface area contributed by atoms with E-state index in [0.29, 0.717) is 0 Å². The van der Waals surface area contributed by atoms with Gasteiger partial charge in [-0.25, -0.2) is 19.0 Å². The molecule has 0 spiro atoms. The van der Waals surface area contributed by atoms with Gasteiger partial charge in [0.2, 0.25) is 12.2 Å². The van der Waals surface area contributed by atoms with Crippen molar-refractivity contribution in [3.05, 3.63) is 0 Å². The zero-order valence-corrected chi connectivity index (χ0v) is 7.62. The van der Waals surface area contributed by atoms with Gasteiger partial charge in [-0.05, 0) is 0 Å². The molecule has 0 saturated heterocycles. The molecule has 6 heteroatoms. The molecule has 0 N–H and O–H groups in total. The third-order valence-corrected chi connectivity index (χ3v) is 2.02. The van der Waals surface area contributed by atoms with Crippen molar-refractivity contribution < 1.29 is 14.0 Å². The van der Waals surface area contributed by atoms with Crippen LogP contribution in [0.2, 0.25) is 0 Å². The normalized spacial score (nSPS) is 13.8. The molecule has 0 saturated carbocycles. The fraction of sp³-hybridized carbons (Fsp3) is 0.667. The second-order valence-corrected chi connectivity index (χ2v) is 3.07. The van der Waals surface area contributed by atoms with E-state index in [1.165, 1.54) is 12.2 Å². The Morgan fingerprint density at radius 2 is 2.08 bits per heavy atom. The van der Waals surface area contributed by atoms with Crippen molar-refractivity contribution in [2.45, 2.75) is 10.9 Å². The van der Waals surface area contributed by atoms with Gasteiger partial charge in [-0.3, -0.25) is 0 Å². The first-order valence-electron chi connectivity index (χ1n) is 3.07. The van der Waals surface area contributed by atoms with Crippen molar-refractivity contribution in [2.24, 2.45) is 9.98 Å². The third kappa shape index (κ3) is 4.13. The van der Waals surface area contributed by atoms with Gasteiger partial charge in [-0.1, -0.05) is 15.9 Å². The second kappa shape index (κ2) is 6.85. The van der Waals surface area contributed by atoms with E-state index in [2.05, 4.69) is 25.9 Å². The van der Waals surface area contributed by atoms with Gasteiger partial charge in [0.15, 0.2) is 0 Å². The van der Waals surface area contributed by atoms with Crippen LogP contribution in [0.15, 0.2) is 9.98 Å². The van der Waals surface area contributed by atoms with Crippen LogP contribution in [-0.4, -0.2) is 36.2 Å². The van der Waals surface area contributed by atoms with E-state index >= 15 is 0 Å². The summed E-state index contributed by atoms with van der Waals surface area (Å²) in [5.74, 6) is 0. The van der Waals surface area contributed by atoms with E-state index in [0.717, 1.165) is 0 Å². The van der Waals surface area contributed by atoms with E-state index < -0.39 is 17.5 Å². The molecule has 0 bridgehead atoms. The number of carbonyl (C=O) groups excluding carboxylic acids is 2. The lowest BCUT2D eigenvalue weighted by atomic mass is 10.2. The highest BCUT2D eigenvalue weighted by molar-refractivity contribution is 9.09. The Bertz CT molecular complexity index is 224. The summed E-state index contributed by atoms with van der Waals surface area (Å²) in [7, 11) is 0. The molecule has 0 aliphatic carbocycles. The van der Waals surface area contributed by atoms with E-state index in [1.54, 1.807) is 0 Å². The molecule has 66 valence electrons. The van der Waals surface area contributed by atoms with Crippen molar-refractivity contribution in [3.63, 3.8) is 0 Å². The first-order chi connectivity index (χ1) is 5.76. The van der Waals surface area contributed by atoms with Gasteiger partial charge in [0, 0.05) is 0 Å². The predicted octanol–water partition coefficient (Wildman–Crippen LogP) is 0.760. The lowest BCUT2D eigenvalue weighted by molar-refractivity contribution is 0.423. The number of nitrogens with zero attached hydrogens (tertiary/aromatic N) is 2. The van der Waals surface area contributed by atoms with Crippen LogP contribution < -0.4 is 0 Å². The van der Waals surface area contributed by atoms with Crippen LogP contribution in [0.4, 0.5) is 4.39 Å². The first kappa shape index (κ1) is 11.2. The molecule has 0 aliphatic rings. The third-order valence-electron chi connectivity index (χ3n) is 1.12. The van der Waals surface area contributed by atoms with Crippen molar-refractivity contribution in [3.8, 4) is 0 Å². The molecule has 0 amide bonds.